The Bertz CT molecular complexity index is 610. The van der Waals surface area contributed by atoms with Gasteiger partial charge in [-0.2, -0.15) is 0 Å². The zero-order valence-corrected chi connectivity index (χ0v) is 17.7. The maximum Gasteiger partial charge on any atom is 0.221 e. The van der Waals surface area contributed by atoms with Crippen LogP contribution in [-0.2, 0) is 11.2 Å². The molecule has 1 fully saturated rings. The van der Waals surface area contributed by atoms with Gasteiger partial charge in [0.15, 0.2) is 5.96 Å². The van der Waals surface area contributed by atoms with Crippen molar-refractivity contribution in [2.24, 2.45) is 16.6 Å². The Hall–Kier alpha value is -1.67. The highest BCUT2D eigenvalue weighted by molar-refractivity contribution is 7.11. The Morgan fingerprint density at radius 3 is 2.89 bits per heavy atom. The Labute approximate surface area is 166 Å². The lowest BCUT2D eigenvalue weighted by molar-refractivity contribution is -0.123. The number of thiazole rings is 1. The van der Waals surface area contributed by atoms with Crippen molar-refractivity contribution in [3.63, 3.8) is 0 Å². The molecule has 2 heterocycles. The van der Waals surface area contributed by atoms with Crippen LogP contribution in [0.5, 0.6) is 0 Å². The smallest absolute Gasteiger partial charge is 0.221 e. The average molecular weight is 395 g/mol. The molecule has 152 valence electrons. The van der Waals surface area contributed by atoms with Crippen LogP contribution < -0.4 is 16.4 Å². The van der Waals surface area contributed by atoms with Gasteiger partial charge in [0.25, 0.3) is 0 Å². The first kappa shape index (κ1) is 21.6. The van der Waals surface area contributed by atoms with Crippen molar-refractivity contribution in [3.8, 4) is 0 Å². The Balaban J connectivity index is 1.70. The SMILES string of the molecule is CCNC(=NCCCN1CCCC(C(N)=O)C1)NCCc1nc(C)c(C)s1. The summed E-state index contributed by atoms with van der Waals surface area (Å²) in [5.41, 5.74) is 6.58. The topological polar surface area (TPSA) is 95.6 Å². The van der Waals surface area contributed by atoms with E-state index in [4.69, 9.17) is 5.73 Å². The second kappa shape index (κ2) is 11.2. The van der Waals surface area contributed by atoms with Gasteiger partial charge in [0.05, 0.1) is 16.6 Å². The number of aryl methyl sites for hydroxylation is 2. The zero-order valence-electron chi connectivity index (χ0n) is 16.9. The van der Waals surface area contributed by atoms with Crippen LogP contribution in [0, 0.1) is 19.8 Å². The van der Waals surface area contributed by atoms with Gasteiger partial charge in [-0.05, 0) is 53.1 Å². The zero-order chi connectivity index (χ0) is 19.6. The van der Waals surface area contributed by atoms with Crippen molar-refractivity contribution in [2.75, 3.05) is 39.3 Å². The lowest BCUT2D eigenvalue weighted by Gasteiger charge is -2.30. The highest BCUT2D eigenvalue weighted by atomic mass is 32.1. The second-order valence-electron chi connectivity index (χ2n) is 7.08. The normalized spacial score (nSPS) is 18.5. The number of amides is 1. The summed E-state index contributed by atoms with van der Waals surface area (Å²) in [6.07, 6.45) is 3.87. The standard InChI is InChI=1S/C19H34N6OS/c1-4-21-19(23-10-8-17-24-14(2)15(3)27-17)22-9-6-12-25-11-5-7-16(13-25)18(20)26/h16H,4-13H2,1-3H3,(H2,20,26)(H2,21,22,23). The van der Waals surface area contributed by atoms with E-state index in [1.807, 2.05) is 0 Å². The molecule has 1 aromatic rings. The molecule has 1 amide bonds. The van der Waals surface area contributed by atoms with Crippen molar-refractivity contribution in [2.45, 2.75) is 46.5 Å². The van der Waals surface area contributed by atoms with Crippen molar-refractivity contribution in [3.05, 3.63) is 15.6 Å². The number of rotatable bonds is 9. The van der Waals surface area contributed by atoms with E-state index in [1.165, 1.54) is 9.88 Å². The summed E-state index contributed by atoms with van der Waals surface area (Å²) in [4.78, 5) is 24.2. The average Bonchev–Trinajstić information content (AvgIpc) is 2.96. The molecule has 0 bridgehead atoms. The fourth-order valence-corrected chi connectivity index (χ4v) is 4.19. The number of nitrogens with zero attached hydrogens (tertiary/aromatic N) is 3. The van der Waals surface area contributed by atoms with Gasteiger partial charge in [-0.25, -0.2) is 4.98 Å². The van der Waals surface area contributed by atoms with Crippen LogP contribution in [0.1, 0.15) is 41.8 Å². The third-order valence-electron chi connectivity index (χ3n) is 4.86. The predicted octanol–water partition coefficient (Wildman–Crippen LogP) is 1.44. The highest BCUT2D eigenvalue weighted by Gasteiger charge is 2.23. The molecule has 1 aliphatic heterocycles. The lowest BCUT2D eigenvalue weighted by atomic mass is 9.97. The molecule has 4 N–H and O–H groups in total. The number of aromatic nitrogens is 1. The molecule has 0 aliphatic carbocycles. The third-order valence-corrected chi connectivity index (χ3v) is 5.99. The number of aliphatic imine (C=N–C) groups is 1. The van der Waals surface area contributed by atoms with E-state index >= 15 is 0 Å². The molecule has 8 heteroatoms. The van der Waals surface area contributed by atoms with Gasteiger partial charge in [0.2, 0.25) is 5.91 Å². The van der Waals surface area contributed by atoms with Gasteiger partial charge in [-0.15, -0.1) is 11.3 Å². The number of carbonyl (C=O) groups excluding carboxylic acids is 1. The van der Waals surface area contributed by atoms with E-state index in [1.54, 1.807) is 11.3 Å². The van der Waals surface area contributed by atoms with Crippen LogP contribution in [-0.4, -0.2) is 61.0 Å². The van der Waals surface area contributed by atoms with Crippen LogP contribution in [0.15, 0.2) is 4.99 Å². The summed E-state index contributed by atoms with van der Waals surface area (Å²) >= 11 is 1.77. The monoisotopic (exact) mass is 394 g/mol. The molecule has 0 saturated carbocycles. The highest BCUT2D eigenvalue weighted by Crippen LogP contribution is 2.17. The molecular formula is C19H34N6OS. The summed E-state index contributed by atoms with van der Waals surface area (Å²) in [6.45, 7) is 11.5. The van der Waals surface area contributed by atoms with Crippen LogP contribution >= 0.6 is 11.3 Å². The minimum Gasteiger partial charge on any atom is -0.369 e. The fourth-order valence-electron chi connectivity index (χ4n) is 3.25. The molecule has 0 spiro atoms. The molecule has 1 aliphatic rings. The molecule has 1 atom stereocenters. The van der Waals surface area contributed by atoms with E-state index in [9.17, 15) is 4.79 Å². The molecule has 2 rings (SSSR count). The maximum atomic E-state index is 11.4. The number of primary amides is 1. The van der Waals surface area contributed by atoms with Crippen molar-refractivity contribution in [1.29, 1.82) is 0 Å². The largest absolute Gasteiger partial charge is 0.369 e. The van der Waals surface area contributed by atoms with Gasteiger partial charge in [-0.3, -0.25) is 9.79 Å². The summed E-state index contributed by atoms with van der Waals surface area (Å²) < 4.78 is 0. The molecule has 1 aromatic heterocycles. The Morgan fingerprint density at radius 1 is 1.41 bits per heavy atom. The molecule has 27 heavy (non-hydrogen) atoms. The molecule has 1 unspecified atom stereocenters. The fraction of sp³-hybridized carbons (Fsp3) is 0.737. The number of carbonyl (C=O) groups is 1. The Kier molecular flexibility index (Phi) is 9.00. The third kappa shape index (κ3) is 7.46. The number of hydrogen-bond acceptors (Lipinski definition) is 5. The molecule has 0 radical (unpaired) electrons. The lowest BCUT2D eigenvalue weighted by Crippen LogP contribution is -2.41. The van der Waals surface area contributed by atoms with E-state index in [0.29, 0.717) is 0 Å². The van der Waals surface area contributed by atoms with Gasteiger partial charge in [0.1, 0.15) is 0 Å². The maximum absolute atomic E-state index is 11.4. The van der Waals surface area contributed by atoms with Crippen LogP contribution in [0.25, 0.3) is 0 Å². The van der Waals surface area contributed by atoms with Crippen molar-refractivity contribution in [1.82, 2.24) is 20.5 Å². The van der Waals surface area contributed by atoms with E-state index in [2.05, 4.69) is 46.3 Å². The number of likely N-dealkylation sites (tertiary alicyclic amines) is 1. The van der Waals surface area contributed by atoms with Gasteiger partial charge < -0.3 is 21.3 Å². The van der Waals surface area contributed by atoms with Gasteiger partial charge in [0, 0.05) is 37.5 Å². The summed E-state index contributed by atoms with van der Waals surface area (Å²) in [5.74, 6) is 0.706. The molecule has 0 aromatic carbocycles. The molecular weight excluding hydrogens is 360 g/mol. The number of hydrogen-bond donors (Lipinski definition) is 3. The first-order valence-electron chi connectivity index (χ1n) is 9.96. The summed E-state index contributed by atoms with van der Waals surface area (Å²) in [5, 5.41) is 7.85. The van der Waals surface area contributed by atoms with E-state index in [-0.39, 0.29) is 11.8 Å². The predicted molar refractivity (Wildman–Crippen MR) is 112 cm³/mol. The Morgan fingerprint density at radius 2 is 2.22 bits per heavy atom. The van der Waals surface area contributed by atoms with Crippen LogP contribution in [0.2, 0.25) is 0 Å². The number of piperidine rings is 1. The van der Waals surface area contributed by atoms with E-state index < -0.39 is 0 Å². The number of guanidine groups is 1. The molecule has 1 saturated heterocycles. The summed E-state index contributed by atoms with van der Waals surface area (Å²) in [7, 11) is 0. The first-order valence-corrected chi connectivity index (χ1v) is 10.8. The van der Waals surface area contributed by atoms with E-state index in [0.717, 1.165) is 76.6 Å². The van der Waals surface area contributed by atoms with Crippen LogP contribution in [0.4, 0.5) is 0 Å². The number of nitrogens with one attached hydrogen (secondary N) is 2. The first-order chi connectivity index (χ1) is 13.0. The van der Waals surface area contributed by atoms with Crippen molar-refractivity contribution >= 4 is 23.2 Å². The summed E-state index contributed by atoms with van der Waals surface area (Å²) in [6, 6.07) is 0. The minimum absolute atomic E-state index is 0.0133. The van der Waals surface area contributed by atoms with Gasteiger partial charge >= 0.3 is 0 Å². The quantitative estimate of drug-likeness (QED) is 0.335. The van der Waals surface area contributed by atoms with Gasteiger partial charge in [-0.1, -0.05) is 0 Å². The van der Waals surface area contributed by atoms with Crippen molar-refractivity contribution < 1.29 is 4.79 Å². The second-order valence-corrected chi connectivity index (χ2v) is 8.37. The van der Waals surface area contributed by atoms with Crippen LogP contribution in [0.3, 0.4) is 0 Å². The molecule has 7 nitrogen and oxygen atoms in total. The minimum atomic E-state index is -0.165. The number of nitrogens with two attached hydrogens (primary N) is 1.